The van der Waals surface area contributed by atoms with Crippen molar-refractivity contribution in [1.29, 1.82) is 0 Å². The molecule has 0 radical (unpaired) electrons. The second-order valence-corrected chi connectivity index (χ2v) is 3.54. The Morgan fingerprint density at radius 1 is 1.31 bits per heavy atom. The fourth-order valence-electron chi connectivity index (χ4n) is 1.56. The molecule has 0 aliphatic rings. The van der Waals surface area contributed by atoms with E-state index in [2.05, 4.69) is 18.1 Å². The van der Waals surface area contributed by atoms with Crippen molar-refractivity contribution in [2.24, 2.45) is 0 Å². The number of ether oxygens (including phenoxy) is 1. The van der Waals surface area contributed by atoms with E-state index in [1.807, 2.05) is 12.1 Å². The molecule has 0 saturated heterocycles. The largest absolute Gasteiger partial charge is 0.497 e. The number of nitrogens with two attached hydrogens (primary N) is 1. The molecule has 0 amide bonds. The highest BCUT2D eigenvalue weighted by atomic mass is 16.5. The smallest absolute Gasteiger partial charge is 0.222 e. The van der Waals surface area contributed by atoms with Crippen LogP contribution in [-0.2, 0) is 6.42 Å². The minimum atomic E-state index is 0.316. The first kappa shape index (κ1) is 10.5. The summed E-state index contributed by atoms with van der Waals surface area (Å²) in [5.74, 6) is 1.13. The Labute approximate surface area is 94.0 Å². The van der Waals surface area contributed by atoms with Gasteiger partial charge in [0.2, 0.25) is 5.88 Å². The maximum atomic E-state index is 5.50. The van der Waals surface area contributed by atoms with E-state index in [-0.39, 0.29) is 0 Å². The molecule has 4 heteroatoms. The molecule has 2 N–H and O–H groups in total. The first-order chi connectivity index (χ1) is 7.72. The molecule has 0 saturated carbocycles. The summed E-state index contributed by atoms with van der Waals surface area (Å²) in [4.78, 5) is 0. The van der Waals surface area contributed by atoms with Gasteiger partial charge >= 0.3 is 0 Å². The third-order valence-corrected chi connectivity index (χ3v) is 2.43. The van der Waals surface area contributed by atoms with E-state index >= 15 is 0 Å². The molecule has 84 valence electrons. The van der Waals surface area contributed by atoms with E-state index in [4.69, 9.17) is 15.0 Å². The van der Waals surface area contributed by atoms with Crippen LogP contribution < -0.4 is 10.5 Å². The van der Waals surface area contributed by atoms with Crippen LogP contribution in [-0.4, -0.2) is 12.3 Å². The molecule has 0 aliphatic heterocycles. The van der Waals surface area contributed by atoms with Gasteiger partial charge in [0.05, 0.1) is 7.11 Å². The number of anilines is 1. The van der Waals surface area contributed by atoms with E-state index < -0.39 is 0 Å². The quantitative estimate of drug-likeness (QED) is 0.859. The topological polar surface area (TPSA) is 61.3 Å². The molecule has 2 aromatic rings. The molecule has 0 fully saturated rings. The molecule has 1 heterocycles. The molecule has 0 unspecified atom stereocenters. The highest BCUT2D eigenvalue weighted by Gasteiger charge is 2.07. The van der Waals surface area contributed by atoms with Gasteiger partial charge < -0.3 is 15.0 Å². The molecule has 2 rings (SSSR count). The lowest BCUT2D eigenvalue weighted by Crippen LogP contribution is -1.88. The van der Waals surface area contributed by atoms with Crippen LogP contribution >= 0.6 is 0 Å². The maximum absolute atomic E-state index is 5.50. The van der Waals surface area contributed by atoms with E-state index in [1.165, 1.54) is 5.56 Å². The highest BCUT2D eigenvalue weighted by Crippen LogP contribution is 2.26. The summed E-state index contributed by atoms with van der Waals surface area (Å²) in [6, 6.07) is 7.68. The molecule has 0 spiro atoms. The average molecular weight is 218 g/mol. The number of nitrogens with zero attached hydrogens (tertiary/aromatic N) is 1. The lowest BCUT2D eigenvalue weighted by atomic mass is 10.1. The fraction of sp³-hybridized carbons (Fsp3) is 0.250. The van der Waals surface area contributed by atoms with Crippen molar-refractivity contribution in [3.63, 3.8) is 0 Å². The third kappa shape index (κ3) is 2.00. The van der Waals surface area contributed by atoms with E-state index in [1.54, 1.807) is 13.2 Å². The summed E-state index contributed by atoms with van der Waals surface area (Å²) < 4.78 is 10.1. The van der Waals surface area contributed by atoms with Gasteiger partial charge in [0.1, 0.15) is 11.4 Å². The Hall–Kier alpha value is -1.97. The molecule has 0 bridgehead atoms. The molecule has 16 heavy (non-hydrogen) atoms. The molecule has 1 aromatic heterocycles. The second-order valence-electron chi connectivity index (χ2n) is 3.54. The number of hydrogen-bond donors (Lipinski definition) is 1. The van der Waals surface area contributed by atoms with Crippen LogP contribution in [0.4, 0.5) is 5.88 Å². The molecule has 0 atom stereocenters. The van der Waals surface area contributed by atoms with Gasteiger partial charge in [0.15, 0.2) is 0 Å². The monoisotopic (exact) mass is 218 g/mol. The van der Waals surface area contributed by atoms with Crippen LogP contribution in [0.5, 0.6) is 5.75 Å². The first-order valence-corrected chi connectivity index (χ1v) is 5.13. The van der Waals surface area contributed by atoms with Crippen LogP contribution in [0.15, 0.2) is 28.8 Å². The number of nitrogen functional groups attached to an aromatic ring is 1. The maximum Gasteiger partial charge on any atom is 0.222 e. The molecular weight excluding hydrogens is 204 g/mol. The van der Waals surface area contributed by atoms with Gasteiger partial charge in [-0.15, -0.1) is 0 Å². The van der Waals surface area contributed by atoms with Crippen molar-refractivity contribution in [3.05, 3.63) is 29.8 Å². The summed E-state index contributed by atoms with van der Waals surface area (Å²) in [5, 5.41) is 3.88. The van der Waals surface area contributed by atoms with Crippen molar-refractivity contribution >= 4 is 5.88 Å². The van der Waals surface area contributed by atoms with Gasteiger partial charge in [-0.2, -0.15) is 0 Å². The van der Waals surface area contributed by atoms with E-state index in [0.29, 0.717) is 5.88 Å². The molecule has 4 nitrogen and oxygen atoms in total. The normalized spacial score (nSPS) is 10.4. The zero-order chi connectivity index (χ0) is 11.5. The van der Waals surface area contributed by atoms with Crippen LogP contribution in [0.3, 0.4) is 0 Å². The second kappa shape index (κ2) is 4.26. The SMILES string of the molecule is CCc1cc(OC)cc(-c2cc(N)on2)c1. The number of methoxy groups -OCH3 is 1. The first-order valence-electron chi connectivity index (χ1n) is 5.13. The number of aromatic nitrogens is 1. The minimum absolute atomic E-state index is 0.316. The van der Waals surface area contributed by atoms with Crippen LogP contribution in [0, 0.1) is 0 Å². The third-order valence-electron chi connectivity index (χ3n) is 2.43. The number of benzene rings is 1. The number of aryl methyl sites for hydroxylation is 1. The van der Waals surface area contributed by atoms with E-state index in [0.717, 1.165) is 23.4 Å². The van der Waals surface area contributed by atoms with E-state index in [9.17, 15) is 0 Å². The molecule has 0 aliphatic carbocycles. The summed E-state index contributed by atoms with van der Waals surface area (Å²) in [6.07, 6.45) is 0.942. The van der Waals surface area contributed by atoms with Crippen molar-refractivity contribution < 1.29 is 9.26 Å². The number of rotatable bonds is 3. The molecule has 1 aromatic carbocycles. The molecular formula is C12H14N2O2. The fourth-order valence-corrected chi connectivity index (χ4v) is 1.56. The van der Waals surface area contributed by atoms with Gasteiger partial charge in [-0.05, 0) is 30.2 Å². The Bertz CT molecular complexity index is 469. The minimum Gasteiger partial charge on any atom is -0.497 e. The predicted molar refractivity (Wildman–Crippen MR) is 62.3 cm³/mol. The van der Waals surface area contributed by atoms with Crippen LogP contribution in [0.1, 0.15) is 12.5 Å². The van der Waals surface area contributed by atoms with Crippen LogP contribution in [0.2, 0.25) is 0 Å². The van der Waals surface area contributed by atoms with Crippen LogP contribution in [0.25, 0.3) is 11.3 Å². The Morgan fingerprint density at radius 2 is 2.12 bits per heavy atom. The van der Waals surface area contributed by atoms with Gasteiger partial charge in [0.25, 0.3) is 0 Å². The summed E-state index contributed by atoms with van der Waals surface area (Å²) in [6.45, 7) is 2.09. The zero-order valence-electron chi connectivity index (χ0n) is 9.36. The standard InChI is InChI=1S/C12H14N2O2/c1-3-8-4-9(6-10(5-8)15-2)11-7-12(13)16-14-11/h4-7H,3,13H2,1-2H3. The highest BCUT2D eigenvalue weighted by molar-refractivity contribution is 5.64. The van der Waals surface area contributed by atoms with Gasteiger partial charge in [-0.25, -0.2) is 0 Å². The Balaban J connectivity index is 2.47. The van der Waals surface area contributed by atoms with Gasteiger partial charge in [-0.1, -0.05) is 12.1 Å². The summed E-state index contributed by atoms with van der Waals surface area (Å²) >= 11 is 0. The van der Waals surface area contributed by atoms with Crippen molar-refractivity contribution in [1.82, 2.24) is 5.16 Å². The number of hydrogen-bond acceptors (Lipinski definition) is 4. The lowest BCUT2D eigenvalue weighted by molar-refractivity contribution is 0.414. The summed E-state index contributed by atoms with van der Waals surface area (Å²) in [5.41, 5.74) is 8.37. The average Bonchev–Trinajstić information content (AvgIpc) is 2.75. The van der Waals surface area contributed by atoms with Gasteiger partial charge in [-0.3, -0.25) is 0 Å². The predicted octanol–water partition coefficient (Wildman–Crippen LogP) is 2.49. The van der Waals surface area contributed by atoms with Gasteiger partial charge in [0, 0.05) is 11.6 Å². The lowest BCUT2D eigenvalue weighted by Gasteiger charge is -2.05. The zero-order valence-corrected chi connectivity index (χ0v) is 9.36. The Kier molecular flexibility index (Phi) is 2.81. The van der Waals surface area contributed by atoms with Crippen molar-refractivity contribution in [2.75, 3.05) is 12.8 Å². The Morgan fingerprint density at radius 3 is 2.69 bits per heavy atom. The summed E-state index contributed by atoms with van der Waals surface area (Å²) in [7, 11) is 1.65. The van der Waals surface area contributed by atoms with Crippen molar-refractivity contribution in [3.8, 4) is 17.0 Å². The van der Waals surface area contributed by atoms with Crippen molar-refractivity contribution in [2.45, 2.75) is 13.3 Å².